The zero-order chi connectivity index (χ0) is 27.8. The first-order valence-electron chi connectivity index (χ1n) is 11.8. The molecule has 0 fully saturated rings. The summed E-state index contributed by atoms with van der Waals surface area (Å²) in [4.78, 5) is 30.7. The number of nitro groups is 2. The molecule has 0 aliphatic carbocycles. The molecule has 0 aliphatic rings. The Morgan fingerprint density at radius 3 is 1.50 bits per heavy atom. The number of nitro benzene ring substituents is 2. The molecule has 216 valence electrons. The Kier molecular flexibility index (Phi) is 19.2. The Labute approximate surface area is 219 Å². The second-order valence-corrected chi connectivity index (χ2v) is 7.26. The third-order valence-electron chi connectivity index (χ3n) is 4.41. The van der Waals surface area contributed by atoms with E-state index in [0.29, 0.717) is 72.7 Å². The van der Waals surface area contributed by atoms with Crippen LogP contribution in [0, 0.1) is 20.2 Å². The van der Waals surface area contributed by atoms with Crippen molar-refractivity contribution in [3.63, 3.8) is 0 Å². The molecule has 1 aromatic rings. The number of ether oxygens (including phenoxy) is 7. The summed E-state index contributed by atoms with van der Waals surface area (Å²) in [6, 6.07) is 3.40. The van der Waals surface area contributed by atoms with Gasteiger partial charge in [-0.25, -0.2) is 4.79 Å². The zero-order valence-electron chi connectivity index (χ0n) is 21.1. The number of rotatable bonds is 26. The highest BCUT2D eigenvalue weighted by Crippen LogP contribution is 2.28. The highest BCUT2D eigenvalue weighted by Gasteiger charge is 2.18. The number of hydrogen-bond donors (Lipinski definition) is 2. The molecule has 0 saturated heterocycles. The molecule has 16 heteroatoms. The largest absolute Gasteiger partial charge is 0.480 e. The van der Waals surface area contributed by atoms with E-state index in [9.17, 15) is 25.0 Å². The number of anilines is 1. The van der Waals surface area contributed by atoms with E-state index in [4.69, 9.17) is 38.3 Å². The molecule has 16 nitrogen and oxygen atoms in total. The number of carboxylic acids is 1. The van der Waals surface area contributed by atoms with Gasteiger partial charge >= 0.3 is 5.97 Å². The number of benzene rings is 1. The average molecular weight is 550 g/mol. The summed E-state index contributed by atoms with van der Waals surface area (Å²) in [5.74, 6) is -1.01. The number of nitrogens with one attached hydrogen (secondary N) is 1. The smallest absolute Gasteiger partial charge is 0.329 e. The van der Waals surface area contributed by atoms with Gasteiger partial charge in [0.25, 0.3) is 11.4 Å². The van der Waals surface area contributed by atoms with Crippen molar-refractivity contribution < 1.29 is 52.9 Å². The van der Waals surface area contributed by atoms with Gasteiger partial charge in [-0.1, -0.05) is 0 Å². The summed E-state index contributed by atoms with van der Waals surface area (Å²) >= 11 is 0. The quantitative estimate of drug-likeness (QED) is 0.0945. The number of non-ortho nitro benzene ring substituents is 1. The van der Waals surface area contributed by atoms with Gasteiger partial charge in [0.2, 0.25) is 0 Å². The van der Waals surface area contributed by atoms with Crippen LogP contribution in [0.2, 0.25) is 0 Å². The van der Waals surface area contributed by atoms with Crippen LogP contribution in [0.4, 0.5) is 17.1 Å². The van der Waals surface area contributed by atoms with Crippen molar-refractivity contribution >= 4 is 23.0 Å². The maximum absolute atomic E-state index is 11.1. The maximum atomic E-state index is 11.1. The molecule has 1 rings (SSSR count). The van der Waals surface area contributed by atoms with Crippen LogP contribution in [0.15, 0.2) is 18.2 Å². The highest BCUT2D eigenvalue weighted by atomic mass is 16.6. The van der Waals surface area contributed by atoms with Gasteiger partial charge in [0.05, 0.1) is 102 Å². The molecule has 0 atom stereocenters. The molecular weight excluding hydrogens is 514 g/mol. The van der Waals surface area contributed by atoms with E-state index >= 15 is 0 Å². The van der Waals surface area contributed by atoms with Gasteiger partial charge in [0.15, 0.2) is 0 Å². The number of hydrogen-bond acceptors (Lipinski definition) is 13. The van der Waals surface area contributed by atoms with Gasteiger partial charge in [-0.05, 0) is 6.07 Å². The lowest BCUT2D eigenvalue weighted by molar-refractivity contribution is -0.393. The molecule has 0 saturated carbocycles. The monoisotopic (exact) mass is 549 g/mol. The second-order valence-electron chi connectivity index (χ2n) is 7.26. The van der Waals surface area contributed by atoms with Crippen LogP contribution in [0.25, 0.3) is 0 Å². The predicted octanol–water partition coefficient (Wildman–Crippen LogP) is 1.12. The fourth-order valence-electron chi connectivity index (χ4n) is 2.67. The van der Waals surface area contributed by atoms with Crippen molar-refractivity contribution in [3.8, 4) is 0 Å². The van der Waals surface area contributed by atoms with Gasteiger partial charge in [0, 0.05) is 12.6 Å². The van der Waals surface area contributed by atoms with Crippen molar-refractivity contribution in [3.05, 3.63) is 38.4 Å². The summed E-state index contributed by atoms with van der Waals surface area (Å²) in [6.45, 7) is 4.68. The molecule has 38 heavy (non-hydrogen) atoms. The second kappa shape index (κ2) is 22.0. The molecule has 1 aromatic carbocycles. The number of carbonyl (C=O) groups is 1. The molecule has 0 heterocycles. The number of aliphatic carboxylic acids is 1. The van der Waals surface area contributed by atoms with E-state index in [0.717, 1.165) is 6.07 Å². The van der Waals surface area contributed by atoms with Crippen molar-refractivity contribution in [1.29, 1.82) is 0 Å². The number of nitrogens with zero attached hydrogens (tertiary/aromatic N) is 2. The summed E-state index contributed by atoms with van der Waals surface area (Å²) in [6.07, 6.45) is 0. The Morgan fingerprint density at radius 2 is 1.11 bits per heavy atom. The average Bonchev–Trinajstić information content (AvgIpc) is 2.88. The Hall–Kier alpha value is -2.99. The Bertz CT molecular complexity index is 813. The molecule has 2 N–H and O–H groups in total. The normalized spacial score (nSPS) is 10.9. The van der Waals surface area contributed by atoms with Crippen LogP contribution in [-0.4, -0.2) is 120 Å². The SMILES string of the molecule is O=C(O)COCCOCCOCCOCCOCCOCCOCCNc1ccc([N+](=O)[O-])cc1[N+](=O)[O-]. The van der Waals surface area contributed by atoms with Crippen LogP contribution < -0.4 is 5.32 Å². The van der Waals surface area contributed by atoms with Gasteiger partial charge in [0.1, 0.15) is 12.3 Å². The number of carboxylic acid groups (broad SMARTS) is 1. The summed E-state index contributed by atoms with van der Waals surface area (Å²) in [7, 11) is 0. The first-order valence-corrected chi connectivity index (χ1v) is 11.8. The standard InChI is InChI=1S/C22H35N3O13/c26-22(27)18-38-16-15-37-14-13-36-12-11-35-10-9-34-8-7-33-6-5-32-4-3-23-20-2-1-19(24(28)29)17-21(20)25(30)31/h1-2,17,23H,3-16,18H2,(H,26,27). The van der Waals surface area contributed by atoms with Gasteiger partial charge in [-0.3, -0.25) is 20.2 Å². The zero-order valence-corrected chi connectivity index (χ0v) is 21.1. The molecule has 0 aliphatic heterocycles. The van der Waals surface area contributed by atoms with Gasteiger partial charge < -0.3 is 43.6 Å². The lowest BCUT2D eigenvalue weighted by Crippen LogP contribution is -2.16. The predicted molar refractivity (Wildman–Crippen MR) is 132 cm³/mol. The van der Waals surface area contributed by atoms with Crippen molar-refractivity contribution in [2.45, 2.75) is 0 Å². The first kappa shape index (κ1) is 33.0. The van der Waals surface area contributed by atoms with E-state index in [1.807, 2.05) is 0 Å². The minimum atomic E-state index is -1.01. The van der Waals surface area contributed by atoms with Gasteiger partial charge in [-0.2, -0.15) is 0 Å². The van der Waals surface area contributed by atoms with E-state index in [-0.39, 0.29) is 43.4 Å². The van der Waals surface area contributed by atoms with Crippen LogP contribution in [0.5, 0.6) is 0 Å². The molecular formula is C22H35N3O13. The van der Waals surface area contributed by atoms with E-state index < -0.39 is 15.8 Å². The Balaban J connectivity index is 1.84. The third kappa shape index (κ3) is 17.5. The van der Waals surface area contributed by atoms with Crippen LogP contribution in [0.1, 0.15) is 0 Å². The van der Waals surface area contributed by atoms with Gasteiger partial charge in [-0.15, -0.1) is 0 Å². The Morgan fingerprint density at radius 1 is 0.684 bits per heavy atom. The molecule has 0 amide bonds. The minimum Gasteiger partial charge on any atom is -0.480 e. The molecule has 0 spiro atoms. The van der Waals surface area contributed by atoms with E-state index in [2.05, 4.69) is 5.32 Å². The molecule has 0 bridgehead atoms. The first-order chi connectivity index (χ1) is 18.4. The van der Waals surface area contributed by atoms with Crippen molar-refractivity contribution in [1.82, 2.24) is 0 Å². The fourth-order valence-corrected chi connectivity index (χ4v) is 2.67. The van der Waals surface area contributed by atoms with Crippen LogP contribution in [-0.2, 0) is 38.0 Å². The van der Waals surface area contributed by atoms with E-state index in [1.54, 1.807) is 0 Å². The minimum absolute atomic E-state index is 0.179. The fraction of sp³-hybridized carbons (Fsp3) is 0.682. The lowest BCUT2D eigenvalue weighted by Gasteiger charge is -2.09. The molecule has 0 unspecified atom stereocenters. The van der Waals surface area contributed by atoms with Crippen LogP contribution >= 0.6 is 0 Å². The summed E-state index contributed by atoms with van der Waals surface area (Å²) < 4.78 is 36.9. The highest BCUT2D eigenvalue weighted by molar-refractivity contribution is 5.68. The van der Waals surface area contributed by atoms with Crippen molar-refractivity contribution in [2.24, 2.45) is 0 Å². The third-order valence-corrected chi connectivity index (χ3v) is 4.41. The topological polar surface area (TPSA) is 200 Å². The van der Waals surface area contributed by atoms with Crippen molar-refractivity contribution in [2.75, 3.05) is 104 Å². The van der Waals surface area contributed by atoms with E-state index in [1.165, 1.54) is 12.1 Å². The summed E-state index contributed by atoms with van der Waals surface area (Å²) in [5.41, 5.74) is -0.545. The molecule has 0 radical (unpaired) electrons. The van der Waals surface area contributed by atoms with Crippen LogP contribution in [0.3, 0.4) is 0 Å². The maximum Gasteiger partial charge on any atom is 0.329 e. The molecule has 0 aromatic heterocycles. The summed E-state index contributed by atoms with van der Waals surface area (Å²) in [5, 5.41) is 33.1. The lowest BCUT2D eigenvalue weighted by atomic mass is 10.2.